The third kappa shape index (κ3) is 4.31. The van der Waals surface area contributed by atoms with Gasteiger partial charge in [-0.25, -0.2) is 4.98 Å². The third-order valence-electron chi connectivity index (χ3n) is 5.01. The van der Waals surface area contributed by atoms with Crippen LogP contribution in [0.2, 0.25) is 5.02 Å². The van der Waals surface area contributed by atoms with Gasteiger partial charge in [-0.1, -0.05) is 37.6 Å². The van der Waals surface area contributed by atoms with Crippen LogP contribution in [0.25, 0.3) is 10.6 Å². The van der Waals surface area contributed by atoms with Crippen molar-refractivity contribution in [3.8, 4) is 10.6 Å². The summed E-state index contributed by atoms with van der Waals surface area (Å²) in [6.07, 6.45) is 1.72. The summed E-state index contributed by atoms with van der Waals surface area (Å²) in [7, 11) is 0. The Hall–Kier alpha value is -0.920. The Bertz CT molecular complexity index is 796. The number of rotatable bonds is 5. The topological polar surface area (TPSA) is 82.1 Å². The predicted octanol–water partition coefficient (Wildman–Crippen LogP) is -0.648. The van der Waals surface area contributed by atoms with Crippen LogP contribution < -0.4 is 40.0 Å². The van der Waals surface area contributed by atoms with Crippen molar-refractivity contribution in [2.75, 3.05) is 0 Å². The standard InChI is InChI=1S/C18H19ClN2O3S.Na/c1-9-10(2)15(18(23)24)14(9)16(22)20-7-13-8-21-17(25-13)11-3-5-12(19)6-4-11;/h3-6,8-10,14-15H,7H2,1-2H3,(H,20,22)(H,23,24);/q;+1/p-1/t9?,10?,14-,15+;/m0./s1. The van der Waals surface area contributed by atoms with Crippen molar-refractivity contribution in [3.63, 3.8) is 0 Å². The minimum absolute atomic E-state index is 0. The Morgan fingerprint density at radius 1 is 1.19 bits per heavy atom. The number of carbonyl (C=O) groups excluding carboxylic acids is 2. The molecule has 0 aliphatic heterocycles. The van der Waals surface area contributed by atoms with Gasteiger partial charge in [0.25, 0.3) is 0 Å². The van der Waals surface area contributed by atoms with E-state index in [9.17, 15) is 14.7 Å². The molecule has 1 heterocycles. The van der Waals surface area contributed by atoms with Crippen molar-refractivity contribution in [3.05, 3.63) is 40.4 Å². The van der Waals surface area contributed by atoms with Crippen molar-refractivity contribution in [1.82, 2.24) is 10.3 Å². The monoisotopic (exact) mass is 400 g/mol. The first-order chi connectivity index (χ1) is 11.9. The zero-order valence-corrected chi connectivity index (χ0v) is 18.4. The van der Waals surface area contributed by atoms with Gasteiger partial charge in [0.1, 0.15) is 5.01 Å². The van der Waals surface area contributed by atoms with Crippen molar-refractivity contribution >= 4 is 34.8 Å². The summed E-state index contributed by atoms with van der Waals surface area (Å²) in [4.78, 5) is 28.8. The molecule has 8 heteroatoms. The van der Waals surface area contributed by atoms with Crippen LogP contribution in [0.5, 0.6) is 0 Å². The molecule has 1 aromatic carbocycles. The van der Waals surface area contributed by atoms with Gasteiger partial charge in [0, 0.05) is 39.5 Å². The number of nitrogens with zero attached hydrogens (tertiary/aromatic N) is 1. The fourth-order valence-corrected chi connectivity index (χ4v) is 4.32. The number of carbonyl (C=O) groups is 2. The van der Waals surface area contributed by atoms with Crippen molar-refractivity contribution in [1.29, 1.82) is 0 Å². The fourth-order valence-electron chi connectivity index (χ4n) is 3.33. The molecule has 1 saturated carbocycles. The number of benzene rings is 1. The van der Waals surface area contributed by atoms with Crippen molar-refractivity contribution < 1.29 is 44.3 Å². The molecule has 2 unspecified atom stereocenters. The molecule has 132 valence electrons. The molecule has 0 saturated heterocycles. The molecule has 5 nitrogen and oxygen atoms in total. The van der Waals surface area contributed by atoms with E-state index in [-0.39, 0.29) is 47.3 Å². The molecule has 1 aliphatic rings. The second kappa shape index (κ2) is 8.85. The molecular formula is C18H18ClN2NaO3S. The molecule has 1 amide bonds. The van der Waals surface area contributed by atoms with Gasteiger partial charge in [0.15, 0.2) is 0 Å². The fraction of sp³-hybridized carbons (Fsp3) is 0.389. The van der Waals surface area contributed by atoms with Gasteiger partial charge >= 0.3 is 29.6 Å². The summed E-state index contributed by atoms with van der Waals surface area (Å²) >= 11 is 7.37. The van der Waals surface area contributed by atoms with Crippen LogP contribution in [0, 0.1) is 23.7 Å². The molecule has 3 rings (SSSR count). The summed E-state index contributed by atoms with van der Waals surface area (Å²) in [5, 5.41) is 15.5. The number of halogens is 1. The van der Waals surface area contributed by atoms with Crippen LogP contribution in [-0.4, -0.2) is 16.9 Å². The Kier molecular flexibility index (Phi) is 7.27. The summed E-state index contributed by atoms with van der Waals surface area (Å²) in [5.41, 5.74) is 0.963. The minimum Gasteiger partial charge on any atom is -0.550 e. The number of hydrogen-bond acceptors (Lipinski definition) is 5. The smallest absolute Gasteiger partial charge is 0.550 e. The number of amides is 1. The molecule has 1 aliphatic carbocycles. The maximum atomic E-state index is 12.4. The van der Waals surface area contributed by atoms with Crippen molar-refractivity contribution in [2.45, 2.75) is 20.4 Å². The number of aliphatic carboxylic acids is 1. The van der Waals surface area contributed by atoms with Gasteiger partial charge in [0.2, 0.25) is 5.91 Å². The molecule has 26 heavy (non-hydrogen) atoms. The first-order valence-corrected chi connectivity index (χ1v) is 9.27. The average Bonchev–Trinajstić information content (AvgIpc) is 3.05. The van der Waals surface area contributed by atoms with Crippen LogP contribution >= 0.6 is 22.9 Å². The van der Waals surface area contributed by atoms with Gasteiger partial charge in [0.05, 0.1) is 6.54 Å². The van der Waals surface area contributed by atoms with E-state index >= 15 is 0 Å². The second-order valence-electron chi connectivity index (χ2n) is 6.45. The molecule has 0 radical (unpaired) electrons. The number of aromatic nitrogens is 1. The number of carboxylic acids is 1. The quantitative estimate of drug-likeness (QED) is 0.676. The number of nitrogens with one attached hydrogen (secondary N) is 1. The normalized spacial score (nSPS) is 24.3. The van der Waals surface area contributed by atoms with E-state index < -0.39 is 17.8 Å². The van der Waals surface area contributed by atoms with E-state index in [1.165, 1.54) is 11.3 Å². The Balaban J connectivity index is 0.00000243. The number of hydrogen-bond donors (Lipinski definition) is 1. The zero-order chi connectivity index (χ0) is 18.1. The van der Waals surface area contributed by atoms with Gasteiger partial charge in [-0.2, -0.15) is 0 Å². The zero-order valence-electron chi connectivity index (χ0n) is 14.9. The molecule has 1 N–H and O–H groups in total. The molecular weight excluding hydrogens is 383 g/mol. The molecule has 4 atom stereocenters. The van der Waals surface area contributed by atoms with Gasteiger partial charge in [-0.15, -0.1) is 11.3 Å². The Labute approximate surface area is 183 Å². The summed E-state index contributed by atoms with van der Waals surface area (Å²) in [6, 6.07) is 7.40. The maximum absolute atomic E-state index is 12.4. The van der Waals surface area contributed by atoms with Gasteiger partial charge < -0.3 is 15.2 Å². The SMILES string of the molecule is CC1C(C)[C@H](C(=O)NCc2cnc(-c3ccc(Cl)cc3)s2)[C@@H]1C(=O)[O-].[Na+]. The Morgan fingerprint density at radius 3 is 2.42 bits per heavy atom. The van der Waals surface area contributed by atoms with E-state index in [1.807, 2.05) is 26.0 Å². The van der Waals surface area contributed by atoms with E-state index in [4.69, 9.17) is 11.6 Å². The second-order valence-corrected chi connectivity index (χ2v) is 8.00. The summed E-state index contributed by atoms with van der Waals surface area (Å²) < 4.78 is 0. The van der Waals surface area contributed by atoms with E-state index in [0.717, 1.165) is 15.4 Å². The van der Waals surface area contributed by atoms with Crippen LogP contribution in [0.3, 0.4) is 0 Å². The first kappa shape index (κ1) is 21.4. The molecule has 0 bridgehead atoms. The minimum atomic E-state index is -1.14. The van der Waals surface area contributed by atoms with E-state index in [2.05, 4.69) is 10.3 Å². The third-order valence-corrected chi connectivity index (χ3v) is 6.30. The van der Waals surface area contributed by atoms with Crippen LogP contribution in [-0.2, 0) is 16.1 Å². The Morgan fingerprint density at radius 2 is 1.81 bits per heavy atom. The number of carboxylic acid groups (broad SMARTS) is 1. The molecule has 0 spiro atoms. The van der Waals surface area contributed by atoms with Crippen LogP contribution in [0.4, 0.5) is 0 Å². The van der Waals surface area contributed by atoms with Gasteiger partial charge in [-0.05, 0) is 24.0 Å². The molecule has 1 fully saturated rings. The first-order valence-electron chi connectivity index (χ1n) is 8.07. The van der Waals surface area contributed by atoms with Gasteiger partial charge in [-0.3, -0.25) is 4.79 Å². The average molecular weight is 401 g/mol. The maximum Gasteiger partial charge on any atom is 1.00 e. The van der Waals surface area contributed by atoms with Crippen LogP contribution in [0.15, 0.2) is 30.5 Å². The van der Waals surface area contributed by atoms with Crippen LogP contribution in [0.1, 0.15) is 18.7 Å². The van der Waals surface area contributed by atoms with Crippen molar-refractivity contribution in [2.24, 2.45) is 23.7 Å². The molecule has 1 aromatic heterocycles. The summed E-state index contributed by atoms with van der Waals surface area (Å²) in [6.45, 7) is 4.08. The van der Waals surface area contributed by atoms with E-state index in [1.54, 1.807) is 18.3 Å². The number of thiazole rings is 1. The largest absolute Gasteiger partial charge is 1.00 e. The molecule has 2 aromatic rings. The predicted molar refractivity (Wildman–Crippen MR) is 94.7 cm³/mol. The summed E-state index contributed by atoms with van der Waals surface area (Å²) in [5.74, 6) is -2.62. The van der Waals surface area contributed by atoms with E-state index in [0.29, 0.717) is 11.6 Å².